The molecule has 0 heterocycles. The van der Waals surface area contributed by atoms with E-state index in [2.05, 4.69) is 8.92 Å². The molecule has 0 aromatic heterocycles. The fraction of sp³-hybridized carbons (Fsp3) is 1.00. The van der Waals surface area contributed by atoms with E-state index in [1.54, 1.807) is 6.92 Å². The van der Waals surface area contributed by atoms with Gasteiger partial charge in [0, 0.05) is 6.61 Å². The molecule has 0 rings (SSSR count). The van der Waals surface area contributed by atoms with Gasteiger partial charge >= 0.3 is 29.6 Å². The molecule has 0 saturated carbocycles. The Labute approximate surface area is 81.9 Å². The summed E-state index contributed by atoms with van der Waals surface area (Å²) in [5, 5.41) is 0. The number of hydrogen-bond donors (Lipinski definition) is 0. The predicted octanol–water partition coefficient (Wildman–Crippen LogP) is -3.54. The smallest absolute Gasteiger partial charge is 0.725 e. The molecule has 0 unspecified atom stereocenters. The Balaban J connectivity index is 0. The topological polar surface area (TPSA) is 75.7 Å². The van der Waals surface area contributed by atoms with E-state index >= 15 is 0 Å². The minimum atomic E-state index is -4.57. The molecular formula is C3H7NaO5S. The first-order valence-electron chi connectivity index (χ1n) is 2.24. The molecule has 0 saturated heterocycles. The van der Waals surface area contributed by atoms with Gasteiger partial charge in [-0.05, 0) is 6.92 Å². The molecule has 0 bridgehead atoms. The largest absolute Gasteiger partial charge is 1.00 e. The van der Waals surface area contributed by atoms with Gasteiger partial charge in [-0.2, -0.15) is 0 Å². The van der Waals surface area contributed by atoms with Gasteiger partial charge < -0.3 is 9.29 Å². The molecule has 0 aromatic carbocycles. The van der Waals surface area contributed by atoms with E-state index in [0.29, 0.717) is 6.61 Å². The van der Waals surface area contributed by atoms with E-state index in [9.17, 15) is 13.0 Å². The van der Waals surface area contributed by atoms with Crippen molar-refractivity contribution in [2.75, 3.05) is 13.4 Å². The number of hydrogen-bond acceptors (Lipinski definition) is 5. The van der Waals surface area contributed by atoms with Crippen molar-refractivity contribution in [3.8, 4) is 0 Å². The molecule has 0 aliphatic rings. The zero-order chi connectivity index (χ0) is 7.33. The maximum Gasteiger partial charge on any atom is 1.00 e. The summed E-state index contributed by atoms with van der Waals surface area (Å²) in [5.41, 5.74) is 0. The van der Waals surface area contributed by atoms with Gasteiger partial charge in [-0.25, -0.2) is 8.42 Å². The summed E-state index contributed by atoms with van der Waals surface area (Å²) in [5.74, 6) is 0. The molecule has 0 radical (unpaired) electrons. The summed E-state index contributed by atoms with van der Waals surface area (Å²) in [7, 11) is -4.57. The molecule has 5 nitrogen and oxygen atoms in total. The van der Waals surface area contributed by atoms with Crippen LogP contribution in [-0.2, 0) is 19.3 Å². The second-order valence-electron chi connectivity index (χ2n) is 1.14. The Morgan fingerprint density at radius 3 is 2.30 bits per heavy atom. The van der Waals surface area contributed by atoms with Crippen LogP contribution >= 0.6 is 0 Å². The molecule has 0 aromatic rings. The van der Waals surface area contributed by atoms with Gasteiger partial charge in [0.2, 0.25) is 10.4 Å². The van der Waals surface area contributed by atoms with E-state index in [-0.39, 0.29) is 29.6 Å². The first-order valence-corrected chi connectivity index (χ1v) is 3.57. The van der Waals surface area contributed by atoms with Crippen LogP contribution in [0.3, 0.4) is 0 Å². The van der Waals surface area contributed by atoms with E-state index < -0.39 is 17.2 Å². The average Bonchev–Trinajstić information content (AvgIpc) is 1.63. The third-order valence-electron chi connectivity index (χ3n) is 0.480. The van der Waals surface area contributed by atoms with Crippen LogP contribution in [0.4, 0.5) is 0 Å². The van der Waals surface area contributed by atoms with E-state index in [1.165, 1.54) is 0 Å². The quantitative estimate of drug-likeness (QED) is 0.146. The first kappa shape index (κ1) is 13.4. The SMILES string of the molecule is CCOCOS(=O)(=O)[O-].[Na+]. The van der Waals surface area contributed by atoms with Crippen molar-refractivity contribution in [1.82, 2.24) is 0 Å². The normalized spacial score (nSPS) is 10.6. The van der Waals surface area contributed by atoms with Crippen LogP contribution in [0, 0.1) is 0 Å². The Bertz CT molecular complexity index is 152. The van der Waals surface area contributed by atoms with Crippen LogP contribution in [0.25, 0.3) is 0 Å². The summed E-state index contributed by atoms with van der Waals surface area (Å²) in [6.07, 6.45) is 0. The van der Waals surface area contributed by atoms with E-state index in [0.717, 1.165) is 0 Å². The van der Waals surface area contributed by atoms with Gasteiger partial charge in [0.25, 0.3) is 0 Å². The third kappa shape index (κ3) is 11.6. The minimum Gasteiger partial charge on any atom is -0.725 e. The van der Waals surface area contributed by atoms with Gasteiger partial charge in [0.15, 0.2) is 6.79 Å². The van der Waals surface area contributed by atoms with Crippen LogP contribution < -0.4 is 29.6 Å². The second-order valence-corrected chi connectivity index (χ2v) is 2.19. The fourth-order valence-electron chi connectivity index (χ4n) is 0.176. The van der Waals surface area contributed by atoms with Gasteiger partial charge in [-0.1, -0.05) is 0 Å². The number of rotatable bonds is 4. The summed E-state index contributed by atoms with van der Waals surface area (Å²) in [4.78, 5) is 0. The Kier molecular flexibility index (Phi) is 8.77. The van der Waals surface area contributed by atoms with Crippen molar-refractivity contribution in [3.63, 3.8) is 0 Å². The molecule has 0 N–H and O–H groups in total. The summed E-state index contributed by atoms with van der Waals surface area (Å²) in [6.45, 7) is 1.47. The standard InChI is InChI=1S/C3H8O5S.Na/c1-2-7-3-8-9(4,5)6;/h2-3H2,1H3,(H,4,5,6);/q;+1/p-1. The van der Waals surface area contributed by atoms with Crippen molar-refractivity contribution < 1.29 is 51.4 Å². The molecule has 56 valence electrons. The predicted molar refractivity (Wildman–Crippen MR) is 27.3 cm³/mol. The molecule has 0 atom stereocenters. The molecule has 0 spiro atoms. The van der Waals surface area contributed by atoms with Crippen molar-refractivity contribution in [2.24, 2.45) is 0 Å². The minimum absolute atomic E-state index is 0. The molecule has 0 amide bonds. The number of ether oxygens (including phenoxy) is 1. The van der Waals surface area contributed by atoms with Gasteiger partial charge in [0.05, 0.1) is 0 Å². The summed E-state index contributed by atoms with van der Waals surface area (Å²) in [6, 6.07) is 0. The van der Waals surface area contributed by atoms with Gasteiger partial charge in [0.1, 0.15) is 0 Å². The Morgan fingerprint density at radius 1 is 1.50 bits per heavy atom. The fourth-order valence-corrected chi connectivity index (χ4v) is 0.362. The van der Waals surface area contributed by atoms with Crippen LogP contribution in [-0.4, -0.2) is 26.4 Å². The van der Waals surface area contributed by atoms with Crippen molar-refractivity contribution in [3.05, 3.63) is 0 Å². The molecule has 0 aliphatic heterocycles. The van der Waals surface area contributed by atoms with E-state index in [1.807, 2.05) is 0 Å². The third-order valence-corrected chi connectivity index (χ3v) is 0.865. The zero-order valence-corrected chi connectivity index (χ0v) is 8.68. The molecule has 0 fully saturated rings. The van der Waals surface area contributed by atoms with Crippen LogP contribution in [0.1, 0.15) is 6.92 Å². The maximum atomic E-state index is 9.65. The monoisotopic (exact) mass is 178 g/mol. The molecular weight excluding hydrogens is 171 g/mol. The first-order chi connectivity index (χ1) is 4.06. The van der Waals surface area contributed by atoms with Crippen molar-refractivity contribution in [2.45, 2.75) is 6.92 Å². The summed E-state index contributed by atoms with van der Waals surface area (Å²) < 4.78 is 37.0. The molecule has 10 heavy (non-hydrogen) atoms. The maximum absolute atomic E-state index is 9.65. The van der Waals surface area contributed by atoms with Gasteiger partial charge in [-0.15, -0.1) is 0 Å². The van der Waals surface area contributed by atoms with Crippen LogP contribution in [0.2, 0.25) is 0 Å². The summed E-state index contributed by atoms with van der Waals surface area (Å²) >= 11 is 0. The average molecular weight is 178 g/mol. The van der Waals surface area contributed by atoms with Crippen LogP contribution in [0.15, 0.2) is 0 Å². The Hall–Kier alpha value is 0.830. The zero-order valence-electron chi connectivity index (χ0n) is 5.86. The Morgan fingerprint density at radius 2 is 2.00 bits per heavy atom. The second kappa shape index (κ2) is 6.53. The van der Waals surface area contributed by atoms with E-state index in [4.69, 9.17) is 0 Å². The molecule has 0 aliphatic carbocycles. The van der Waals surface area contributed by atoms with Crippen molar-refractivity contribution in [1.29, 1.82) is 0 Å². The van der Waals surface area contributed by atoms with Crippen molar-refractivity contribution >= 4 is 10.4 Å². The molecule has 7 heteroatoms. The van der Waals surface area contributed by atoms with Crippen LogP contribution in [0.5, 0.6) is 0 Å². The van der Waals surface area contributed by atoms with Gasteiger partial charge in [-0.3, -0.25) is 4.18 Å².